The molecule has 0 radical (unpaired) electrons. The van der Waals surface area contributed by atoms with Crippen molar-refractivity contribution in [2.24, 2.45) is 0 Å². The second kappa shape index (κ2) is 17.3. The molecule has 0 aromatic heterocycles. The smallest absolute Gasteiger partial charge is 0.157 e. The third kappa shape index (κ3) is 13.9. The van der Waals surface area contributed by atoms with Gasteiger partial charge in [0.2, 0.25) is 0 Å². The first-order chi connectivity index (χ1) is 11.9. The Morgan fingerprint density at radius 3 is 2.04 bits per heavy atom. The van der Waals surface area contributed by atoms with Gasteiger partial charge < -0.3 is 9.47 Å². The minimum Gasteiger partial charge on any atom is -0.353 e. The summed E-state index contributed by atoms with van der Waals surface area (Å²) < 4.78 is 11.3. The summed E-state index contributed by atoms with van der Waals surface area (Å²) in [5.41, 5.74) is 0. The summed E-state index contributed by atoms with van der Waals surface area (Å²) in [6, 6.07) is 0. The highest BCUT2D eigenvalue weighted by atomic mass is 16.7. The molecule has 1 heterocycles. The van der Waals surface area contributed by atoms with Crippen LogP contribution in [0.1, 0.15) is 110 Å². The number of rotatable bonds is 14. The van der Waals surface area contributed by atoms with Gasteiger partial charge >= 0.3 is 0 Å². The molecule has 0 spiro atoms. The Bertz CT molecular complexity index is 310. The van der Waals surface area contributed by atoms with Crippen molar-refractivity contribution in [3.05, 3.63) is 0 Å². The van der Waals surface area contributed by atoms with E-state index in [1.54, 1.807) is 0 Å². The maximum atomic E-state index is 5.75. The molecule has 0 amide bonds. The molecule has 1 aliphatic rings. The van der Waals surface area contributed by atoms with E-state index in [1.807, 2.05) is 0 Å². The van der Waals surface area contributed by atoms with E-state index in [1.165, 1.54) is 77.0 Å². The van der Waals surface area contributed by atoms with Crippen LogP contribution in [0.2, 0.25) is 0 Å². The third-order valence-corrected chi connectivity index (χ3v) is 4.67. The maximum Gasteiger partial charge on any atom is 0.157 e. The minimum absolute atomic E-state index is 0.0799. The SMILES string of the molecule is CCCCCCCCCC#CCCCCCCOC1CCCCO1. The van der Waals surface area contributed by atoms with Gasteiger partial charge in [-0.2, -0.15) is 0 Å². The van der Waals surface area contributed by atoms with Crippen molar-refractivity contribution in [2.45, 2.75) is 116 Å². The normalized spacial score (nSPS) is 17.5. The lowest BCUT2D eigenvalue weighted by atomic mass is 10.1. The topological polar surface area (TPSA) is 18.5 Å². The van der Waals surface area contributed by atoms with Crippen LogP contribution >= 0.6 is 0 Å². The van der Waals surface area contributed by atoms with Crippen LogP contribution in [0.4, 0.5) is 0 Å². The van der Waals surface area contributed by atoms with Crippen LogP contribution < -0.4 is 0 Å². The van der Waals surface area contributed by atoms with Gasteiger partial charge in [-0.1, -0.05) is 58.3 Å². The molecule has 2 nitrogen and oxygen atoms in total. The zero-order valence-electron chi connectivity index (χ0n) is 16.1. The summed E-state index contributed by atoms with van der Waals surface area (Å²) in [4.78, 5) is 0. The van der Waals surface area contributed by atoms with Gasteiger partial charge in [-0.25, -0.2) is 0 Å². The average Bonchev–Trinajstić information content (AvgIpc) is 2.62. The lowest BCUT2D eigenvalue weighted by Crippen LogP contribution is -2.22. The molecule has 0 aromatic rings. The average molecular weight is 337 g/mol. The highest BCUT2D eigenvalue weighted by Gasteiger charge is 2.13. The largest absolute Gasteiger partial charge is 0.353 e. The summed E-state index contributed by atoms with van der Waals surface area (Å²) in [5.74, 6) is 6.68. The molecule has 1 rings (SSSR count). The predicted octanol–water partition coefficient (Wildman–Crippen LogP) is 6.62. The molecule has 2 heteroatoms. The number of hydrogen-bond acceptors (Lipinski definition) is 2. The van der Waals surface area contributed by atoms with E-state index in [4.69, 9.17) is 9.47 Å². The monoisotopic (exact) mass is 336 g/mol. The molecular formula is C22H40O2. The van der Waals surface area contributed by atoms with E-state index in [-0.39, 0.29) is 6.29 Å². The van der Waals surface area contributed by atoms with Gasteiger partial charge in [-0.3, -0.25) is 0 Å². The van der Waals surface area contributed by atoms with Gasteiger partial charge in [0, 0.05) is 26.1 Å². The van der Waals surface area contributed by atoms with Crippen molar-refractivity contribution in [3.8, 4) is 11.8 Å². The van der Waals surface area contributed by atoms with Crippen LogP contribution in [0.25, 0.3) is 0 Å². The van der Waals surface area contributed by atoms with Crippen LogP contribution in [0, 0.1) is 11.8 Å². The first-order valence-corrected chi connectivity index (χ1v) is 10.6. The zero-order chi connectivity index (χ0) is 17.1. The zero-order valence-corrected chi connectivity index (χ0v) is 16.1. The molecule has 0 bridgehead atoms. The van der Waals surface area contributed by atoms with E-state index in [0.29, 0.717) is 0 Å². The quantitative estimate of drug-likeness (QED) is 0.262. The van der Waals surface area contributed by atoms with Crippen molar-refractivity contribution in [3.63, 3.8) is 0 Å². The summed E-state index contributed by atoms with van der Waals surface area (Å²) >= 11 is 0. The molecule has 24 heavy (non-hydrogen) atoms. The number of unbranched alkanes of at least 4 members (excludes halogenated alkanes) is 11. The molecule has 1 atom stereocenters. The number of ether oxygens (including phenoxy) is 2. The van der Waals surface area contributed by atoms with Gasteiger partial charge in [-0.05, 0) is 38.5 Å². The molecule has 0 aliphatic carbocycles. The van der Waals surface area contributed by atoms with Crippen LogP contribution in [-0.4, -0.2) is 19.5 Å². The maximum absolute atomic E-state index is 5.75. The van der Waals surface area contributed by atoms with Gasteiger partial charge in [0.15, 0.2) is 6.29 Å². The standard InChI is InChI=1S/C22H40O2/c1-2-3-4-5-6-7-8-9-10-11-12-13-14-15-17-20-23-22-19-16-18-21-24-22/h22H,2-9,12-21H2,1H3. The Morgan fingerprint density at radius 2 is 1.42 bits per heavy atom. The molecular weight excluding hydrogens is 296 g/mol. The van der Waals surface area contributed by atoms with Crippen LogP contribution in [0.5, 0.6) is 0 Å². The summed E-state index contributed by atoms with van der Waals surface area (Å²) in [6.45, 7) is 4.01. The van der Waals surface area contributed by atoms with E-state index in [9.17, 15) is 0 Å². The van der Waals surface area contributed by atoms with E-state index in [0.717, 1.165) is 38.9 Å². The first-order valence-electron chi connectivity index (χ1n) is 10.6. The van der Waals surface area contributed by atoms with Crippen molar-refractivity contribution < 1.29 is 9.47 Å². The molecule has 1 aliphatic heterocycles. The lowest BCUT2D eigenvalue weighted by molar-refractivity contribution is -0.162. The van der Waals surface area contributed by atoms with Crippen LogP contribution in [0.15, 0.2) is 0 Å². The Kier molecular flexibility index (Phi) is 15.5. The molecule has 140 valence electrons. The second-order valence-electron chi connectivity index (χ2n) is 7.06. The fraction of sp³-hybridized carbons (Fsp3) is 0.909. The summed E-state index contributed by atoms with van der Waals surface area (Å²) in [7, 11) is 0. The van der Waals surface area contributed by atoms with E-state index in [2.05, 4.69) is 18.8 Å². The van der Waals surface area contributed by atoms with E-state index >= 15 is 0 Å². The predicted molar refractivity (Wildman–Crippen MR) is 103 cm³/mol. The second-order valence-corrected chi connectivity index (χ2v) is 7.06. The highest BCUT2D eigenvalue weighted by molar-refractivity contribution is 4.98. The summed E-state index contributed by atoms with van der Waals surface area (Å²) in [5, 5.41) is 0. The first kappa shape index (κ1) is 21.5. The van der Waals surface area contributed by atoms with Crippen LogP contribution in [-0.2, 0) is 9.47 Å². The Labute approximate surface area is 151 Å². The highest BCUT2D eigenvalue weighted by Crippen LogP contribution is 2.14. The number of hydrogen-bond donors (Lipinski definition) is 0. The molecule has 0 saturated carbocycles. The Hall–Kier alpha value is -0.520. The fourth-order valence-corrected chi connectivity index (χ4v) is 3.07. The molecule has 1 saturated heterocycles. The van der Waals surface area contributed by atoms with Crippen molar-refractivity contribution in [2.75, 3.05) is 13.2 Å². The van der Waals surface area contributed by atoms with Crippen molar-refractivity contribution >= 4 is 0 Å². The van der Waals surface area contributed by atoms with Gasteiger partial charge in [0.1, 0.15) is 0 Å². The fourth-order valence-electron chi connectivity index (χ4n) is 3.07. The van der Waals surface area contributed by atoms with Gasteiger partial charge in [0.25, 0.3) is 0 Å². The molecule has 1 fully saturated rings. The van der Waals surface area contributed by atoms with Crippen molar-refractivity contribution in [1.82, 2.24) is 0 Å². The minimum atomic E-state index is 0.0799. The van der Waals surface area contributed by atoms with Gasteiger partial charge in [-0.15, -0.1) is 11.8 Å². The van der Waals surface area contributed by atoms with Crippen molar-refractivity contribution in [1.29, 1.82) is 0 Å². The summed E-state index contributed by atoms with van der Waals surface area (Å²) in [6.07, 6.45) is 20.3. The Morgan fingerprint density at radius 1 is 0.792 bits per heavy atom. The molecule has 0 aromatic carbocycles. The third-order valence-electron chi connectivity index (χ3n) is 4.67. The molecule has 0 N–H and O–H groups in total. The Balaban J connectivity index is 1.74. The van der Waals surface area contributed by atoms with Crippen LogP contribution in [0.3, 0.4) is 0 Å². The molecule has 1 unspecified atom stereocenters. The van der Waals surface area contributed by atoms with Gasteiger partial charge in [0.05, 0.1) is 0 Å². The lowest BCUT2D eigenvalue weighted by Gasteiger charge is -2.22. The van der Waals surface area contributed by atoms with E-state index < -0.39 is 0 Å².